The molecule has 0 saturated heterocycles. The molecule has 0 saturated carbocycles. The first kappa shape index (κ1) is 16.4. The first-order chi connectivity index (χ1) is 7.49. The SMILES string of the molecule is C=CC(=O)OCCCO.O=C(O)C(O)=CO. The average molecular weight is 234 g/mol. The Bertz CT molecular complexity index is 257. The van der Waals surface area contributed by atoms with Crippen molar-refractivity contribution < 1.29 is 34.8 Å². The standard InChI is InChI=1S/C6H10O3.C3H4O4/c1-2-6(8)9-5-3-4-7;4-1-2(5)3(6)7/h2,7H,1,3-5H2;1,4-5H,(H,6,7). The lowest BCUT2D eigenvalue weighted by Crippen LogP contribution is -2.02. The Balaban J connectivity index is 0. The molecule has 0 unspecified atom stereocenters. The Morgan fingerprint density at radius 2 is 1.88 bits per heavy atom. The van der Waals surface area contributed by atoms with E-state index in [2.05, 4.69) is 11.3 Å². The van der Waals surface area contributed by atoms with E-state index in [0.717, 1.165) is 6.08 Å². The van der Waals surface area contributed by atoms with Gasteiger partial charge in [0.05, 0.1) is 6.61 Å². The molecule has 0 bridgehead atoms. The van der Waals surface area contributed by atoms with Crippen LogP contribution in [-0.2, 0) is 14.3 Å². The summed E-state index contributed by atoms with van der Waals surface area (Å²) in [5, 5.41) is 31.6. The van der Waals surface area contributed by atoms with Gasteiger partial charge in [-0.15, -0.1) is 0 Å². The minimum absolute atomic E-state index is 0.0461. The van der Waals surface area contributed by atoms with Gasteiger partial charge >= 0.3 is 11.9 Å². The van der Waals surface area contributed by atoms with Gasteiger partial charge in [-0.3, -0.25) is 0 Å². The fraction of sp³-hybridized carbons (Fsp3) is 0.333. The van der Waals surface area contributed by atoms with Crippen LogP contribution in [-0.4, -0.2) is 45.6 Å². The molecular formula is C9H14O7. The van der Waals surface area contributed by atoms with Gasteiger partial charge < -0.3 is 25.2 Å². The monoisotopic (exact) mass is 234 g/mol. The number of rotatable bonds is 5. The zero-order chi connectivity index (χ0) is 13.0. The van der Waals surface area contributed by atoms with Crippen molar-refractivity contribution >= 4 is 11.9 Å². The van der Waals surface area contributed by atoms with E-state index in [1.54, 1.807) is 0 Å². The summed E-state index contributed by atoms with van der Waals surface area (Å²) in [6, 6.07) is 0. The van der Waals surface area contributed by atoms with Crippen molar-refractivity contribution in [2.24, 2.45) is 0 Å². The molecule has 92 valence electrons. The van der Waals surface area contributed by atoms with E-state index in [9.17, 15) is 9.59 Å². The molecular weight excluding hydrogens is 220 g/mol. The molecule has 0 aliphatic carbocycles. The molecule has 0 spiro atoms. The quantitative estimate of drug-likeness (QED) is 0.230. The molecule has 0 fully saturated rings. The number of aliphatic carboxylic acids is 1. The predicted molar refractivity (Wildman–Crippen MR) is 53.8 cm³/mol. The fourth-order valence-electron chi connectivity index (χ4n) is 0.351. The summed E-state index contributed by atoms with van der Waals surface area (Å²) in [5.74, 6) is -3.04. The minimum atomic E-state index is -1.54. The van der Waals surface area contributed by atoms with Crippen molar-refractivity contribution in [3.8, 4) is 0 Å². The molecule has 0 atom stereocenters. The lowest BCUT2D eigenvalue weighted by Gasteiger charge is -1.96. The predicted octanol–water partition coefficient (Wildman–Crippen LogP) is 0.126. The largest absolute Gasteiger partial charge is 0.511 e. The maximum atomic E-state index is 10.3. The Morgan fingerprint density at radius 1 is 1.31 bits per heavy atom. The van der Waals surface area contributed by atoms with E-state index in [-0.39, 0.29) is 19.5 Å². The van der Waals surface area contributed by atoms with Crippen molar-refractivity contribution in [2.45, 2.75) is 6.42 Å². The Kier molecular flexibility index (Phi) is 11.3. The van der Waals surface area contributed by atoms with Crippen LogP contribution in [0.1, 0.15) is 6.42 Å². The molecule has 0 aromatic heterocycles. The summed E-state index contributed by atoms with van der Waals surface area (Å²) >= 11 is 0. The lowest BCUT2D eigenvalue weighted by molar-refractivity contribution is -0.138. The van der Waals surface area contributed by atoms with Gasteiger partial charge in [0.1, 0.15) is 6.26 Å². The number of aliphatic hydroxyl groups is 3. The topological polar surface area (TPSA) is 124 Å². The van der Waals surface area contributed by atoms with Gasteiger partial charge in [-0.25, -0.2) is 9.59 Å². The highest BCUT2D eigenvalue weighted by atomic mass is 16.5. The van der Waals surface area contributed by atoms with Crippen LogP contribution in [0.2, 0.25) is 0 Å². The Morgan fingerprint density at radius 3 is 2.12 bits per heavy atom. The Hall–Kier alpha value is -2.02. The molecule has 0 aromatic rings. The van der Waals surface area contributed by atoms with E-state index < -0.39 is 17.7 Å². The van der Waals surface area contributed by atoms with Gasteiger partial charge in [0, 0.05) is 19.1 Å². The third kappa shape index (κ3) is 12.0. The van der Waals surface area contributed by atoms with E-state index in [1.807, 2.05) is 0 Å². The number of aliphatic hydroxyl groups excluding tert-OH is 3. The molecule has 0 rings (SSSR count). The van der Waals surface area contributed by atoms with Crippen LogP contribution < -0.4 is 0 Å². The normalized spacial score (nSPS) is 9.69. The zero-order valence-corrected chi connectivity index (χ0v) is 8.50. The van der Waals surface area contributed by atoms with Crippen LogP contribution in [0.3, 0.4) is 0 Å². The molecule has 0 heterocycles. The van der Waals surface area contributed by atoms with E-state index in [1.165, 1.54) is 0 Å². The molecule has 0 aliphatic heterocycles. The summed E-state index contributed by atoms with van der Waals surface area (Å²) in [6.07, 6.45) is 1.69. The number of hydrogen-bond donors (Lipinski definition) is 4. The van der Waals surface area contributed by atoms with Gasteiger partial charge in [-0.1, -0.05) is 6.58 Å². The number of carboxylic acids is 1. The first-order valence-corrected chi connectivity index (χ1v) is 4.16. The number of ether oxygens (including phenoxy) is 1. The highest BCUT2D eigenvalue weighted by Crippen LogP contribution is 1.82. The number of esters is 1. The summed E-state index contributed by atoms with van der Waals surface area (Å²) in [6.45, 7) is 3.51. The van der Waals surface area contributed by atoms with Gasteiger partial charge in [-0.05, 0) is 0 Å². The van der Waals surface area contributed by atoms with E-state index in [4.69, 9.17) is 20.4 Å². The third-order valence-corrected chi connectivity index (χ3v) is 1.05. The van der Waals surface area contributed by atoms with Crippen LogP contribution in [0.4, 0.5) is 0 Å². The second-order valence-corrected chi connectivity index (χ2v) is 2.27. The third-order valence-electron chi connectivity index (χ3n) is 1.05. The molecule has 0 aliphatic rings. The molecule has 0 radical (unpaired) electrons. The van der Waals surface area contributed by atoms with E-state index in [0.29, 0.717) is 6.42 Å². The van der Waals surface area contributed by atoms with Crippen LogP contribution in [0.25, 0.3) is 0 Å². The number of carbonyl (C=O) groups is 2. The Labute approximate surface area is 91.9 Å². The molecule has 7 nitrogen and oxygen atoms in total. The molecule has 0 aromatic carbocycles. The highest BCUT2D eigenvalue weighted by molar-refractivity contribution is 5.83. The van der Waals surface area contributed by atoms with E-state index >= 15 is 0 Å². The summed E-state index contributed by atoms with van der Waals surface area (Å²) in [5.41, 5.74) is 0. The smallest absolute Gasteiger partial charge is 0.374 e. The molecule has 7 heteroatoms. The molecule has 16 heavy (non-hydrogen) atoms. The second-order valence-electron chi connectivity index (χ2n) is 2.27. The van der Waals surface area contributed by atoms with Crippen molar-refractivity contribution in [1.82, 2.24) is 0 Å². The highest BCUT2D eigenvalue weighted by Gasteiger charge is 1.99. The maximum Gasteiger partial charge on any atom is 0.374 e. The minimum Gasteiger partial charge on any atom is -0.511 e. The first-order valence-electron chi connectivity index (χ1n) is 4.16. The van der Waals surface area contributed by atoms with Crippen LogP contribution >= 0.6 is 0 Å². The van der Waals surface area contributed by atoms with Crippen LogP contribution in [0.5, 0.6) is 0 Å². The van der Waals surface area contributed by atoms with Gasteiger partial charge in [0.25, 0.3) is 0 Å². The van der Waals surface area contributed by atoms with Crippen LogP contribution in [0.15, 0.2) is 24.7 Å². The maximum absolute atomic E-state index is 10.3. The van der Waals surface area contributed by atoms with Crippen LogP contribution in [0, 0.1) is 0 Å². The number of carbonyl (C=O) groups excluding carboxylic acids is 1. The fourth-order valence-corrected chi connectivity index (χ4v) is 0.351. The van der Waals surface area contributed by atoms with Gasteiger partial charge in [0.15, 0.2) is 0 Å². The van der Waals surface area contributed by atoms with Crippen molar-refractivity contribution in [1.29, 1.82) is 0 Å². The summed E-state index contributed by atoms with van der Waals surface area (Å²) in [4.78, 5) is 19.7. The number of carboxylic acid groups (broad SMARTS) is 1. The number of hydrogen-bond acceptors (Lipinski definition) is 6. The van der Waals surface area contributed by atoms with Crippen molar-refractivity contribution in [3.63, 3.8) is 0 Å². The lowest BCUT2D eigenvalue weighted by atomic mass is 10.5. The van der Waals surface area contributed by atoms with Crippen molar-refractivity contribution in [2.75, 3.05) is 13.2 Å². The zero-order valence-electron chi connectivity index (χ0n) is 8.50. The van der Waals surface area contributed by atoms with Crippen molar-refractivity contribution in [3.05, 3.63) is 24.7 Å². The van der Waals surface area contributed by atoms with Gasteiger partial charge in [-0.2, -0.15) is 0 Å². The van der Waals surface area contributed by atoms with Gasteiger partial charge in [0.2, 0.25) is 5.76 Å². The average Bonchev–Trinajstić information content (AvgIpc) is 2.28. The molecule has 0 amide bonds. The second kappa shape index (κ2) is 11.1. The molecule has 4 N–H and O–H groups in total. The summed E-state index contributed by atoms with van der Waals surface area (Å²) < 4.78 is 4.51. The summed E-state index contributed by atoms with van der Waals surface area (Å²) in [7, 11) is 0.